The van der Waals surface area contributed by atoms with E-state index in [4.69, 9.17) is 4.42 Å². The first-order valence-corrected chi connectivity index (χ1v) is 14.1. The van der Waals surface area contributed by atoms with Gasteiger partial charge in [-0.3, -0.25) is 0 Å². The fourth-order valence-corrected chi connectivity index (χ4v) is 6.46. The Labute approximate surface area is 207 Å². The van der Waals surface area contributed by atoms with Crippen molar-refractivity contribution in [1.82, 2.24) is 4.31 Å². The van der Waals surface area contributed by atoms with Crippen molar-refractivity contribution >= 4 is 32.0 Å². The predicted octanol–water partition coefficient (Wildman–Crippen LogP) is 7.16. The van der Waals surface area contributed by atoms with E-state index in [2.05, 4.69) is 34.7 Å². The molecule has 1 aromatic carbocycles. The van der Waals surface area contributed by atoms with Crippen molar-refractivity contribution in [2.75, 3.05) is 6.54 Å². The van der Waals surface area contributed by atoms with Crippen LogP contribution in [0.5, 0.6) is 0 Å². The zero-order chi connectivity index (χ0) is 23.7. The van der Waals surface area contributed by atoms with Crippen LogP contribution in [-0.4, -0.2) is 25.3 Å². The van der Waals surface area contributed by atoms with Crippen LogP contribution in [-0.2, 0) is 10.0 Å². The molecule has 4 nitrogen and oxygen atoms in total. The molecule has 1 saturated carbocycles. The Morgan fingerprint density at radius 2 is 1.94 bits per heavy atom. The van der Waals surface area contributed by atoms with E-state index in [0.717, 1.165) is 55.0 Å². The molecule has 1 aliphatic rings. The SMILES string of the molecule is CCCCC#C[C@@H](C1CCCCC1)N(C/C(Br)=C/c1ccco1)S(=O)(=O)c1ccc(C)cc1. The monoisotopic (exact) mass is 531 g/mol. The Balaban J connectivity index is 2.02. The second kappa shape index (κ2) is 12.6. The number of furan rings is 1. The number of aryl methyl sites for hydroxylation is 1. The quantitative estimate of drug-likeness (QED) is 0.254. The fourth-order valence-electron chi connectivity index (χ4n) is 4.22. The predicted molar refractivity (Wildman–Crippen MR) is 138 cm³/mol. The largest absolute Gasteiger partial charge is 0.465 e. The smallest absolute Gasteiger partial charge is 0.244 e. The lowest BCUT2D eigenvalue weighted by Gasteiger charge is -2.35. The Kier molecular flexibility index (Phi) is 9.85. The number of sulfonamides is 1. The molecule has 3 rings (SSSR count). The number of hydrogen-bond acceptors (Lipinski definition) is 3. The summed E-state index contributed by atoms with van der Waals surface area (Å²) in [6, 6.07) is 10.4. The summed E-state index contributed by atoms with van der Waals surface area (Å²) >= 11 is 3.61. The van der Waals surface area contributed by atoms with Crippen LogP contribution in [0.2, 0.25) is 0 Å². The van der Waals surface area contributed by atoms with Gasteiger partial charge in [-0.25, -0.2) is 8.42 Å². The molecule has 0 aliphatic heterocycles. The second-order valence-electron chi connectivity index (χ2n) is 8.74. The molecule has 0 bridgehead atoms. The normalized spacial score (nSPS) is 16.4. The number of nitrogens with zero attached hydrogens (tertiary/aromatic N) is 1. The van der Waals surface area contributed by atoms with Gasteiger partial charge < -0.3 is 4.42 Å². The van der Waals surface area contributed by atoms with Crippen molar-refractivity contribution in [2.24, 2.45) is 5.92 Å². The van der Waals surface area contributed by atoms with E-state index >= 15 is 0 Å². The summed E-state index contributed by atoms with van der Waals surface area (Å²) in [7, 11) is -3.75. The molecule has 1 atom stereocenters. The molecule has 0 unspecified atom stereocenters. The standard InChI is InChI=1S/C27H34BrNO3S/c1-3-4-5-9-14-27(23-11-7-6-8-12-23)29(21-24(28)20-25-13-10-19-32-25)33(30,31)26-17-15-22(2)16-18-26/h10,13,15-20,23,27H,3-8,11-12,21H2,1-2H3/b24-20-/t27-/m0/s1. The maximum atomic E-state index is 13.9. The van der Waals surface area contributed by atoms with Crippen LogP contribution in [0.4, 0.5) is 0 Å². The number of benzene rings is 1. The van der Waals surface area contributed by atoms with Crippen LogP contribution in [0, 0.1) is 24.7 Å². The highest BCUT2D eigenvalue weighted by molar-refractivity contribution is 9.11. The first-order chi connectivity index (χ1) is 15.9. The molecule has 1 fully saturated rings. The lowest BCUT2D eigenvalue weighted by Crippen LogP contribution is -2.45. The van der Waals surface area contributed by atoms with Crippen LogP contribution in [0.3, 0.4) is 0 Å². The van der Waals surface area contributed by atoms with Crippen LogP contribution in [0.15, 0.2) is 56.5 Å². The Bertz CT molecular complexity index is 1060. The second-order valence-corrected chi connectivity index (χ2v) is 11.6. The number of unbranched alkanes of at least 4 members (excludes halogenated alkanes) is 2. The van der Waals surface area contributed by atoms with Crippen molar-refractivity contribution < 1.29 is 12.8 Å². The van der Waals surface area contributed by atoms with Gasteiger partial charge in [0, 0.05) is 17.4 Å². The Morgan fingerprint density at radius 1 is 1.21 bits per heavy atom. The van der Waals surface area contributed by atoms with Gasteiger partial charge >= 0.3 is 0 Å². The Morgan fingerprint density at radius 3 is 2.58 bits per heavy atom. The minimum absolute atomic E-state index is 0.209. The van der Waals surface area contributed by atoms with E-state index in [1.807, 2.05) is 37.3 Å². The van der Waals surface area contributed by atoms with Gasteiger partial charge in [0.2, 0.25) is 10.0 Å². The molecule has 6 heteroatoms. The minimum atomic E-state index is -3.75. The molecular weight excluding hydrogens is 498 g/mol. The van der Waals surface area contributed by atoms with Gasteiger partial charge in [-0.05, 0) is 62.4 Å². The first-order valence-electron chi connectivity index (χ1n) is 11.9. The van der Waals surface area contributed by atoms with Gasteiger partial charge in [-0.2, -0.15) is 4.31 Å². The van der Waals surface area contributed by atoms with Crippen LogP contribution >= 0.6 is 15.9 Å². The summed E-state index contributed by atoms with van der Waals surface area (Å²) in [5.41, 5.74) is 1.03. The van der Waals surface area contributed by atoms with Gasteiger partial charge in [0.1, 0.15) is 5.76 Å². The zero-order valence-electron chi connectivity index (χ0n) is 19.6. The summed E-state index contributed by atoms with van der Waals surface area (Å²) in [5.74, 6) is 7.62. The third-order valence-electron chi connectivity index (χ3n) is 6.09. The van der Waals surface area contributed by atoms with Crippen LogP contribution < -0.4 is 0 Å². The average Bonchev–Trinajstić information content (AvgIpc) is 3.32. The zero-order valence-corrected chi connectivity index (χ0v) is 22.0. The molecule has 0 spiro atoms. The highest BCUT2D eigenvalue weighted by atomic mass is 79.9. The van der Waals surface area contributed by atoms with Gasteiger partial charge in [-0.1, -0.05) is 72.2 Å². The van der Waals surface area contributed by atoms with Crippen molar-refractivity contribution in [2.45, 2.75) is 76.2 Å². The van der Waals surface area contributed by atoms with Gasteiger partial charge in [0.05, 0.1) is 17.2 Å². The summed E-state index contributed by atoms with van der Waals surface area (Å²) < 4.78 is 35.7. The summed E-state index contributed by atoms with van der Waals surface area (Å²) in [6.07, 6.45) is 11.8. The number of halogens is 1. The molecule has 1 aromatic heterocycles. The molecule has 1 aliphatic carbocycles. The van der Waals surface area contributed by atoms with Crippen molar-refractivity contribution in [3.63, 3.8) is 0 Å². The van der Waals surface area contributed by atoms with E-state index in [0.29, 0.717) is 10.7 Å². The lowest BCUT2D eigenvalue weighted by molar-refractivity contribution is 0.244. The van der Waals surface area contributed by atoms with E-state index in [-0.39, 0.29) is 18.5 Å². The maximum Gasteiger partial charge on any atom is 0.244 e. The number of rotatable bonds is 9. The van der Waals surface area contributed by atoms with Gasteiger partial charge in [0.25, 0.3) is 0 Å². The third-order valence-corrected chi connectivity index (χ3v) is 8.41. The van der Waals surface area contributed by atoms with Crippen LogP contribution in [0.1, 0.15) is 69.6 Å². The molecule has 0 radical (unpaired) electrons. The summed E-state index contributed by atoms with van der Waals surface area (Å²) in [6.45, 7) is 4.31. The van der Waals surface area contributed by atoms with Gasteiger partial charge in [0.15, 0.2) is 0 Å². The topological polar surface area (TPSA) is 50.5 Å². The van der Waals surface area contributed by atoms with Crippen molar-refractivity contribution in [3.8, 4) is 11.8 Å². The molecule has 0 amide bonds. The highest BCUT2D eigenvalue weighted by Crippen LogP contribution is 2.33. The lowest BCUT2D eigenvalue weighted by atomic mass is 9.84. The van der Waals surface area contributed by atoms with E-state index < -0.39 is 10.0 Å². The summed E-state index contributed by atoms with van der Waals surface area (Å²) in [4.78, 5) is 0.308. The molecule has 1 heterocycles. The highest BCUT2D eigenvalue weighted by Gasteiger charge is 2.36. The molecule has 2 aromatic rings. The van der Waals surface area contributed by atoms with Gasteiger partial charge in [-0.15, -0.1) is 5.92 Å². The van der Waals surface area contributed by atoms with E-state index in [1.54, 1.807) is 22.7 Å². The average molecular weight is 533 g/mol. The van der Waals surface area contributed by atoms with Crippen molar-refractivity contribution in [1.29, 1.82) is 0 Å². The van der Waals surface area contributed by atoms with Crippen LogP contribution in [0.25, 0.3) is 6.08 Å². The van der Waals surface area contributed by atoms with E-state index in [9.17, 15) is 8.42 Å². The van der Waals surface area contributed by atoms with Crippen molar-refractivity contribution in [3.05, 3.63) is 58.5 Å². The molecule has 0 N–H and O–H groups in total. The number of hydrogen-bond donors (Lipinski definition) is 0. The molecule has 178 valence electrons. The molecule has 0 saturated heterocycles. The molecule has 33 heavy (non-hydrogen) atoms. The molecular formula is C27H34BrNO3S. The fraction of sp³-hybridized carbons (Fsp3) is 0.481. The third kappa shape index (κ3) is 7.34. The Hall–Kier alpha value is -1.81. The summed E-state index contributed by atoms with van der Waals surface area (Å²) in [5, 5.41) is 0. The first kappa shape index (κ1) is 25.8. The minimum Gasteiger partial charge on any atom is -0.465 e. The van der Waals surface area contributed by atoms with E-state index in [1.165, 1.54) is 6.42 Å². The maximum absolute atomic E-state index is 13.9.